The summed E-state index contributed by atoms with van der Waals surface area (Å²) < 4.78 is 0. The number of H-pyrrole nitrogens is 1. The average molecular weight is 284 g/mol. The van der Waals surface area contributed by atoms with E-state index >= 15 is 0 Å². The third-order valence-electron chi connectivity index (χ3n) is 3.67. The molecule has 0 aliphatic carbocycles. The number of aromatic nitrogens is 3. The number of aromatic amines is 1. The lowest BCUT2D eigenvalue weighted by Crippen LogP contribution is -2.15. The molecule has 0 unspecified atom stereocenters. The SMILES string of the molecule is CCC[C@H](C)CC(=O)[C@@H](C#N)c1nc2nccc(C)c2[nH]1. The van der Waals surface area contributed by atoms with Gasteiger partial charge < -0.3 is 4.98 Å². The molecule has 0 aliphatic heterocycles. The molecule has 2 atom stereocenters. The minimum atomic E-state index is -0.835. The number of fused-ring (bicyclic) bond motifs is 1. The molecule has 2 aromatic heterocycles. The number of carbonyl (C=O) groups excluding carboxylic acids is 1. The van der Waals surface area contributed by atoms with Gasteiger partial charge in [-0.15, -0.1) is 0 Å². The fourth-order valence-electron chi connectivity index (χ4n) is 2.53. The van der Waals surface area contributed by atoms with Crippen molar-refractivity contribution < 1.29 is 4.79 Å². The highest BCUT2D eigenvalue weighted by Crippen LogP contribution is 2.22. The second kappa shape index (κ2) is 6.49. The molecule has 1 N–H and O–H groups in total. The summed E-state index contributed by atoms with van der Waals surface area (Å²) in [5, 5.41) is 9.34. The van der Waals surface area contributed by atoms with Crippen LogP contribution < -0.4 is 0 Å². The molecule has 2 rings (SSSR count). The van der Waals surface area contributed by atoms with E-state index in [-0.39, 0.29) is 5.78 Å². The molecule has 0 fully saturated rings. The molecular weight excluding hydrogens is 264 g/mol. The second-order valence-electron chi connectivity index (χ2n) is 5.57. The van der Waals surface area contributed by atoms with Gasteiger partial charge in [-0.1, -0.05) is 26.7 Å². The first kappa shape index (κ1) is 15.2. The molecule has 110 valence electrons. The largest absolute Gasteiger partial charge is 0.339 e. The summed E-state index contributed by atoms with van der Waals surface area (Å²) in [6, 6.07) is 3.95. The van der Waals surface area contributed by atoms with Crippen molar-refractivity contribution in [2.45, 2.75) is 46.0 Å². The van der Waals surface area contributed by atoms with Gasteiger partial charge >= 0.3 is 0 Å². The van der Waals surface area contributed by atoms with E-state index in [1.165, 1.54) is 0 Å². The van der Waals surface area contributed by atoms with Crippen LogP contribution in [0.5, 0.6) is 0 Å². The smallest absolute Gasteiger partial charge is 0.178 e. The van der Waals surface area contributed by atoms with Gasteiger partial charge in [0.05, 0.1) is 11.6 Å². The van der Waals surface area contributed by atoms with Crippen LogP contribution in [0.3, 0.4) is 0 Å². The first-order valence-corrected chi connectivity index (χ1v) is 7.30. The van der Waals surface area contributed by atoms with E-state index in [9.17, 15) is 10.1 Å². The second-order valence-corrected chi connectivity index (χ2v) is 5.57. The number of hydrogen-bond donors (Lipinski definition) is 1. The van der Waals surface area contributed by atoms with E-state index in [0.29, 0.717) is 23.8 Å². The van der Waals surface area contributed by atoms with Crippen molar-refractivity contribution in [1.82, 2.24) is 15.0 Å². The van der Waals surface area contributed by atoms with E-state index in [1.54, 1.807) is 6.20 Å². The molecule has 5 nitrogen and oxygen atoms in total. The van der Waals surface area contributed by atoms with E-state index in [2.05, 4.69) is 27.9 Å². The van der Waals surface area contributed by atoms with Gasteiger partial charge in [0.25, 0.3) is 0 Å². The van der Waals surface area contributed by atoms with Crippen molar-refractivity contribution in [2.24, 2.45) is 5.92 Å². The van der Waals surface area contributed by atoms with Crippen molar-refractivity contribution in [1.29, 1.82) is 5.26 Å². The average Bonchev–Trinajstić information content (AvgIpc) is 2.84. The summed E-state index contributed by atoms with van der Waals surface area (Å²) in [7, 11) is 0. The number of nitriles is 1. The monoisotopic (exact) mass is 284 g/mol. The molecule has 0 aromatic carbocycles. The summed E-state index contributed by atoms with van der Waals surface area (Å²) in [6.45, 7) is 6.08. The third kappa shape index (κ3) is 3.27. The third-order valence-corrected chi connectivity index (χ3v) is 3.67. The molecule has 5 heteroatoms. The van der Waals surface area contributed by atoms with Gasteiger partial charge in [-0.25, -0.2) is 9.97 Å². The summed E-state index contributed by atoms with van der Waals surface area (Å²) >= 11 is 0. The topological polar surface area (TPSA) is 82.4 Å². The van der Waals surface area contributed by atoms with Crippen LogP contribution in [-0.4, -0.2) is 20.7 Å². The number of hydrogen-bond acceptors (Lipinski definition) is 4. The van der Waals surface area contributed by atoms with Crippen molar-refractivity contribution in [3.05, 3.63) is 23.7 Å². The highest BCUT2D eigenvalue weighted by Gasteiger charge is 2.25. The highest BCUT2D eigenvalue weighted by atomic mass is 16.1. The molecule has 0 saturated carbocycles. The van der Waals surface area contributed by atoms with E-state index in [4.69, 9.17) is 0 Å². The molecule has 0 radical (unpaired) electrons. The lowest BCUT2D eigenvalue weighted by molar-refractivity contribution is -0.120. The number of carbonyl (C=O) groups is 1. The lowest BCUT2D eigenvalue weighted by atomic mass is 9.93. The molecule has 2 aromatic rings. The maximum Gasteiger partial charge on any atom is 0.178 e. The molecule has 0 saturated heterocycles. The molecule has 0 bridgehead atoms. The van der Waals surface area contributed by atoms with Gasteiger partial charge in [0, 0.05) is 12.6 Å². The Morgan fingerprint density at radius 2 is 2.29 bits per heavy atom. The Balaban J connectivity index is 2.25. The maximum absolute atomic E-state index is 12.3. The zero-order valence-electron chi connectivity index (χ0n) is 12.7. The summed E-state index contributed by atoms with van der Waals surface area (Å²) in [4.78, 5) is 23.9. The zero-order chi connectivity index (χ0) is 15.4. The minimum absolute atomic E-state index is 0.0739. The van der Waals surface area contributed by atoms with E-state index < -0.39 is 5.92 Å². The molecule has 2 heterocycles. The number of ketones is 1. The van der Waals surface area contributed by atoms with Gasteiger partial charge in [-0.3, -0.25) is 4.79 Å². The Labute approximate surface area is 124 Å². The summed E-state index contributed by atoms with van der Waals surface area (Å²) in [5.41, 5.74) is 2.35. The predicted molar refractivity (Wildman–Crippen MR) is 80.7 cm³/mol. The van der Waals surface area contributed by atoms with Crippen LogP contribution in [0.4, 0.5) is 0 Å². The quantitative estimate of drug-likeness (QED) is 0.882. The standard InChI is InChI=1S/C16H20N4O/c1-4-5-10(2)8-13(21)12(9-17)15-19-14-11(3)6-7-18-16(14)20-15/h6-7,10,12H,4-5,8H2,1-3H3,(H,18,19,20)/t10-,12+/m0/s1. The van der Waals surface area contributed by atoms with Crippen molar-refractivity contribution in [2.75, 3.05) is 0 Å². The van der Waals surface area contributed by atoms with Crippen LogP contribution in [0.15, 0.2) is 12.3 Å². The van der Waals surface area contributed by atoms with Crippen LogP contribution >= 0.6 is 0 Å². The minimum Gasteiger partial charge on any atom is -0.339 e. The van der Waals surface area contributed by atoms with Crippen molar-refractivity contribution >= 4 is 16.9 Å². The van der Waals surface area contributed by atoms with Gasteiger partial charge in [0.15, 0.2) is 17.3 Å². The van der Waals surface area contributed by atoms with Crippen molar-refractivity contribution in [3.8, 4) is 6.07 Å². The van der Waals surface area contributed by atoms with Crippen molar-refractivity contribution in [3.63, 3.8) is 0 Å². The maximum atomic E-state index is 12.3. The van der Waals surface area contributed by atoms with Gasteiger partial charge in [0.1, 0.15) is 5.82 Å². The predicted octanol–water partition coefficient (Wildman–Crippen LogP) is 3.27. The number of nitrogens with one attached hydrogen (secondary N) is 1. The van der Waals surface area contributed by atoms with Crippen LogP contribution in [0.25, 0.3) is 11.2 Å². The van der Waals surface area contributed by atoms with E-state index in [0.717, 1.165) is 23.9 Å². The van der Waals surface area contributed by atoms with Crippen LogP contribution in [0.1, 0.15) is 50.4 Å². The Bertz CT molecular complexity index is 683. The van der Waals surface area contributed by atoms with E-state index in [1.807, 2.05) is 19.9 Å². The Hall–Kier alpha value is -2.22. The normalized spacial score (nSPS) is 13.8. The first-order chi connectivity index (χ1) is 10.1. The fourth-order valence-corrected chi connectivity index (χ4v) is 2.53. The van der Waals surface area contributed by atoms with Gasteiger partial charge in [-0.05, 0) is 24.5 Å². The summed E-state index contributed by atoms with van der Waals surface area (Å²) in [5.74, 6) is -0.210. The molecule has 0 aliphatic rings. The van der Waals surface area contributed by atoms with Gasteiger partial charge in [-0.2, -0.15) is 5.26 Å². The van der Waals surface area contributed by atoms with Crippen LogP contribution in [0, 0.1) is 24.2 Å². The first-order valence-electron chi connectivity index (χ1n) is 7.30. The number of aryl methyl sites for hydroxylation is 1. The number of rotatable bonds is 6. The molecular formula is C16H20N4O. The van der Waals surface area contributed by atoms with Crippen LogP contribution in [0.2, 0.25) is 0 Å². The number of nitrogens with zero attached hydrogens (tertiary/aromatic N) is 3. The number of Topliss-reactive ketones (excluding diaryl/α,β-unsaturated/α-hetero) is 1. The number of pyridine rings is 1. The van der Waals surface area contributed by atoms with Gasteiger partial charge in [0.2, 0.25) is 0 Å². The Kier molecular flexibility index (Phi) is 4.69. The highest BCUT2D eigenvalue weighted by molar-refractivity contribution is 5.88. The van der Waals surface area contributed by atoms with Crippen LogP contribution in [-0.2, 0) is 4.79 Å². The Morgan fingerprint density at radius 3 is 2.90 bits per heavy atom. The lowest BCUT2D eigenvalue weighted by Gasteiger charge is -2.10. The molecule has 0 spiro atoms. The fraction of sp³-hybridized carbons (Fsp3) is 0.500. The zero-order valence-corrected chi connectivity index (χ0v) is 12.7. The molecule has 0 amide bonds. The Morgan fingerprint density at radius 1 is 1.52 bits per heavy atom. The molecule has 21 heavy (non-hydrogen) atoms. The number of imidazole rings is 1. The summed E-state index contributed by atoms with van der Waals surface area (Å²) in [6.07, 6.45) is 4.12.